The van der Waals surface area contributed by atoms with Gasteiger partial charge in [-0.2, -0.15) is 0 Å². The highest BCUT2D eigenvalue weighted by atomic mass is 35.5. The Bertz CT molecular complexity index is 830. The first-order valence-electron chi connectivity index (χ1n) is 6.81. The molecule has 0 aliphatic heterocycles. The van der Waals surface area contributed by atoms with E-state index in [0.29, 0.717) is 22.8 Å². The first-order chi connectivity index (χ1) is 10.0. The second-order valence-corrected chi connectivity index (χ2v) is 5.76. The maximum Gasteiger partial charge on any atom is 0.202 e. The van der Waals surface area contributed by atoms with Crippen molar-refractivity contribution in [2.75, 3.05) is 0 Å². The van der Waals surface area contributed by atoms with Crippen LogP contribution >= 0.6 is 11.6 Å². The van der Waals surface area contributed by atoms with E-state index < -0.39 is 0 Å². The third-order valence-electron chi connectivity index (χ3n) is 3.61. The van der Waals surface area contributed by atoms with Crippen LogP contribution in [0.5, 0.6) is 0 Å². The first kappa shape index (κ1) is 13.9. The molecule has 0 aliphatic carbocycles. The maximum absolute atomic E-state index is 12.4. The lowest BCUT2D eigenvalue weighted by Crippen LogP contribution is -2.03. The summed E-state index contributed by atoms with van der Waals surface area (Å²) in [6.45, 7) is 4.04. The third-order valence-corrected chi connectivity index (χ3v) is 3.84. The predicted molar refractivity (Wildman–Crippen MR) is 85.2 cm³/mol. The van der Waals surface area contributed by atoms with Gasteiger partial charge in [-0.25, -0.2) is 0 Å². The van der Waals surface area contributed by atoms with Crippen LogP contribution in [0.4, 0.5) is 0 Å². The standard InChI is InChI=1S/C18H15ClO2/c1-11-3-4-12(2)13(7-11)9-16(20)18-10-14-8-15(19)5-6-17(14)21-18/h3-8,10H,9H2,1-2H3. The van der Waals surface area contributed by atoms with Gasteiger partial charge in [0.15, 0.2) is 5.76 Å². The van der Waals surface area contributed by atoms with Gasteiger partial charge in [-0.1, -0.05) is 35.4 Å². The molecule has 0 spiro atoms. The Morgan fingerprint density at radius 3 is 2.71 bits per heavy atom. The summed E-state index contributed by atoms with van der Waals surface area (Å²) in [6.07, 6.45) is 0.348. The number of benzene rings is 2. The van der Waals surface area contributed by atoms with Crippen LogP contribution < -0.4 is 0 Å². The van der Waals surface area contributed by atoms with Crippen molar-refractivity contribution in [1.82, 2.24) is 0 Å². The predicted octanol–water partition coefficient (Wildman–Crippen LogP) is 5.13. The van der Waals surface area contributed by atoms with Gasteiger partial charge >= 0.3 is 0 Å². The summed E-state index contributed by atoms with van der Waals surface area (Å²) in [6, 6.07) is 13.2. The molecule has 0 amide bonds. The van der Waals surface area contributed by atoms with Crippen LogP contribution in [0.25, 0.3) is 11.0 Å². The molecule has 0 aliphatic rings. The number of rotatable bonds is 3. The zero-order chi connectivity index (χ0) is 15.0. The smallest absolute Gasteiger partial charge is 0.202 e. The summed E-state index contributed by atoms with van der Waals surface area (Å²) in [4.78, 5) is 12.4. The number of aryl methyl sites for hydroxylation is 2. The minimum Gasteiger partial charge on any atom is -0.453 e. The molecule has 2 nitrogen and oxygen atoms in total. The van der Waals surface area contributed by atoms with Gasteiger partial charge in [0.1, 0.15) is 5.58 Å². The molecule has 1 aromatic heterocycles. The van der Waals surface area contributed by atoms with E-state index >= 15 is 0 Å². The number of hydrogen-bond acceptors (Lipinski definition) is 2. The molecule has 3 heteroatoms. The van der Waals surface area contributed by atoms with Crippen molar-refractivity contribution in [3.63, 3.8) is 0 Å². The zero-order valence-electron chi connectivity index (χ0n) is 11.9. The number of halogens is 1. The van der Waals surface area contributed by atoms with Crippen LogP contribution in [0.15, 0.2) is 46.9 Å². The molecular weight excluding hydrogens is 284 g/mol. The molecule has 1 heterocycles. The molecular formula is C18H15ClO2. The fraction of sp³-hybridized carbons (Fsp3) is 0.167. The molecule has 0 saturated carbocycles. The van der Waals surface area contributed by atoms with Crippen molar-refractivity contribution in [3.05, 3.63) is 69.9 Å². The van der Waals surface area contributed by atoms with Crippen LogP contribution in [0.1, 0.15) is 27.2 Å². The van der Waals surface area contributed by atoms with Crippen LogP contribution in [0.3, 0.4) is 0 Å². The maximum atomic E-state index is 12.4. The third kappa shape index (κ3) is 2.86. The zero-order valence-corrected chi connectivity index (χ0v) is 12.7. The number of fused-ring (bicyclic) bond motifs is 1. The minimum atomic E-state index is -0.0176. The number of carbonyl (C=O) groups excluding carboxylic acids is 1. The molecule has 3 aromatic rings. The Morgan fingerprint density at radius 1 is 1.10 bits per heavy atom. The lowest BCUT2D eigenvalue weighted by atomic mass is 10.00. The molecule has 0 bridgehead atoms. The fourth-order valence-electron chi connectivity index (χ4n) is 2.40. The topological polar surface area (TPSA) is 30.2 Å². The minimum absolute atomic E-state index is 0.0176. The summed E-state index contributed by atoms with van der Waals surface area (Å²) in [5.74, 6) is 0.365. The van der Waals surface area contributed by atoms with Crippen LogP contribution in [-0.4, -0.2) is 5.78 Å². The lowest BCUT2D eigenvalue weighted by Gasteiger charge is -2.05. The van der Waals surface area contributed by atoms with Crippen molar-refractivity contribution >= 4 is 28.4 Å². The van der Waals surface area contributed by atoms with Crippen molar-refractivity contribution in [2.45, 2.75) is 20.3 Å². The van der Waals surface area contributed by atoms with E-state index in [4.69, 9.17) is 16.0 Å². The number of furan rings is 1. The van der Waals surface area contributed by atoms with E-state index in [9.17, 15) is 4.79 Å². The van der Waals surface area contributed by atoms with E-state index in [2.05, 4.69) is 0 Å². The van der Waals surface area contributed by atoms with Crippen molar-refractivity contribution in [3.8, 4) is 0 Å². The molecule has 0 N–H and O–H groups in total. The molecule has 0 saturated heterocycles. The van der Waals surface area contributed by atoms with Gasteiger partial charge in [-0.15, -0.1) is 0 Å². The van der Waals surface area contributed by atoms with Crippen LogP contribution in [-0.2, 0) is 6.42 Å². The molecule has 0 unspecified atom stereocenters. The molecule has 0 radical (unpaired) electrons. The van der Waals surface area contributed by atoms with Gasteiger partial charge in [-0.3, -0.25) is 4.79 Å². The molecule has 0 fully saturated rings. The Morgan fingerprint density at radius 2 is 1.90 bits per heavy atom. The highest BCUT2D eigenvalue weighted by Crippen LogP contribution is 2.24. The summed E-state index contributed by atoms with van der Waals surface area (Å²) < 4.78 is 5.62. The number of hydrogen-bond donors (Lipinski definition) is 0. The number of carbonyl (C=O) groups is 1. The van der Waals surface area contributed by atoms with Gasteiger partial charge in [-0.05, 0) is 49.2 Å². The summed E-state index contributed by atoms with van der Waals surface area (Å²) >= 11 is 5.95. The molecule has 106 valence electrons. The molecule has 21 heavy (non-hydrogen) atoms. The highest BCUT2D eigenvalue weighted by molar-refractivity contribution is 6.31. The second-order valence-electron chi connectivity index (χ2n) is 5.32. The Hall–Kier alpha value is -2.06. The van der Waals surface area contributed by atoms with E-state index in [1.54, 1.807) is 24.3 Å². The van der Waals surface area contributed by atoms with Gasteiger partial charge in [0.25, 0.3) is 0 Å². The monoisotopic (exact) mass is 298 g/mol. The Labute approximate surface area is 128 Å². The average Bonchev–Trinajstić information content (AvgIpc) is 2.86. The summed E-state index contributed by atoms with van der Waals surface area (Å²) in [5, 5.41) is 1.49. The largest absolute Gasteiger partial charge is 0.453 e. The summed E-state index contributed by atoms with van der Waals surface area (Å²) in [5.41, 5.74) is 4.00. The number of Topliss-reactive ketones (excluding diaryl/α,β-unsaturated/α-hetero) is 1. The second kappa shape index (κ2) is 5.38. The summed E-state index contributed by atoms with van der Waals surface area (Å²) in [7, 11) is 0. The van der Waals surface area contributed by atoms with Gasteiger partial charge in [0.2, 0.25) is 5.78 Å². The highest BCUT2D eigenvalue weighted by Gasteiger charge is 2.14. The van der Waals surface area contributed by atoms with Gasteiger partial charge in [0.05, 0.1) is 0 Å². The van der Waals surface area contributed by atoms with Crippen LogP contribution in [0.2, 0.25) is 5.02 Å². The van der Waals surface area contributed by atoms with Crippen molar-refractivity contribution in [1.29, 1.82) is 0 Å². The van der Waals surface area contributed by atoms with Crippen LogP contribution in [0, 0.1) is 13.8 Å². The van der Waals surface area contributed by atoms with Crippen molar-refractivity contribution < 1.29 is 9.21 Å². The molecule has 2 aromatic carbocycles. The SMILES string of the molecule is Cc1ccc(C)c(CC(=O)c2cc3cc(Cl)ccc3o2)c1. The van der Waals surface area contributed by atoms with Crippen molar-refractivity contribution in [2.24, 2.45) is 0 Å². The lowest BCUT2D eigenvalue weighted by molar-refractivity contribution is 0.0968. The normalized spacial score (nSPS) is 11.0. The van der Waals surface area contributed by atoms with Gasteiger partial charge < -0.3 is 4.42 Å². The van der Waals surface area contributed by atoms with Gasteiger partial charge in [0, 0.05) is 16.8 Å². The molecule has 3 rings (SSSR count). The Balaban J connectivity index is 1.91. The molecule has 0 atom stereocenters. The van der Waals surface area contributed by atoms with E-state index in [1.165, 1.54) is 0 Å². The average molecular weight is 299 g/mol. The fourth-order valence-corrected chi connectivity index (χ4v) is 2.58. The first-order valence-corrected chi connectivity index (χ1v) is 7.19. The van der Waals surface area contributed by atoms with E-state index in [1.807, 2.05) is 32.0 Å². The van der Waals surface area contributed by atoms with E-state index in [-0.39, 0.29) is 5.78 Å². The number of ketones is 1. The quantitative estimate of drug-likeness (QED) is 0.628. The van der Waals surface area contributed by atoms with E-state index in [0.717, 1.165) is 22.1 Å². The Kier molecular flexibility index (Phi) is 3.56.